The number of rotatable bonds is 2. The molecule has 19 heavy (non-hydrogen) atoms. The average molecular weight is 262 g/mol. The predicted molar refractivity (Wildman–Crippen MR) is 68.6 cm³/mol. The molecule has 0 saturated carbocycles. The minimum absolute atomic E-state index is 0.00208. The number of fused-ring (bicyclic) bond motifs is 1. The summed E-state index contributed by atoms with van der Waals surface area (Å²) in [5.41, 5.74) is 0.636. The predicted octanol–water partition coefficient (Wildman–Crippen LogP) is 0.226. The molecule has 3 rings (SSSR count). The highest BCUT2D eigenvalue weighted by Crippen LogP contribution is 2.17. The van der Waals surface area contributed by atoms with Crippen molar-refractivity contribution in [1.29, 1.82) is 0 Å². The Morgan fingerprint density at radius 1 is 1.53 bits per heavy atom. The molecule has 0 aliphatic carbocycles. The fourth-order valence-corrected chi connectivity index (χ4v) is 2.84. The molecule has 0 bridgehead atoms. The standard InChI is InChI=1S/C13H18N4O2/c1-8-9(4-5-12(18)15-8)16-13(19)10-7-14-11-3-2-6-17(10)11/h7-9H,2-6H2,1H3,(H,15,18)(H,16,19). The van der Waals surface area contributed by atoms with E-state index in [1.807, 2.05) is 11.5 Å². The third kappa shape index (κ3) is 2.22. The van der Waals surface area contributed by atoms with Gasteiger partial charge in [-0.3, -0.25) is 9.59 Å². The van der Waals surface area contributed by atoms with Crippen LogP contribution in [0.1, 0.15) is 42.5 Å². The van der Waals surface area contributed by atoms with Crippen molar-refractivity contribution in [1.82, 2.24) is 20.2 Å². The van der Waals surface area contributed by atoms with Crippen molar-refractivity contribution in [3.63, 3.8) is 0 Å². The Balaban J connectivity index is 1.69. The first-order chi connectivity index (χ1) is 9.15. The van der Waals surface area contributed by atoms with E-state index >= 15 is 0 Å². The maximum atomic E-state index is 12.3. The fourth-order valence-electron chi connectivity index (χ4n) is 2.84. The summed E-state index contributed by atoms with van der Waals surface area (Å²) in [6.45, 7) is 2.79. The lowest BCUT2D eigenvalue weighted by Crippen LogP contribution is -2.54. The van der Waals surface area contributed by atoms with Gasteiger partial charge in [-0.05, 0) is 19.8 Å². The van der Waals surface area contributed by atoms with Gasteiger partial charge in [-0.1, -0.05) is 0 Å². The van der Waals surface area contributed by atoms with E-state index in [2.05, 4.69) is 15.6 Å². The van der Waals surface area contributed by atoms with Gasteiger partial charge in [0.2, 0.25) is 5.91 Å². The van der Waals surface area contributed by atoms with Crippen LogP contribution in [0.4, 0.5) is 0 Å². The smallest absolute Gasteiger partial charge is 0.269 e. The van der Waals surface area contributed by atoms with Gasteiger partial charge in [-0.25, -0.2) is 4.98 Å². The number of imidazole rings is 1. The summed E-state index contributed by atoms with van der Waals surface area (Å²) in [7, 11) is 0. The Hall–Kier alpha value is -1.85. The van der Waals surface area contributed by atoms with Gasteiger partial charge < -0.3 is 15.2 Å². The number of aromatic nitrogens is 2. The zero-order chi connectivity index (χ0) is 13.4. The molecule has 0 spiro atoms. The Morgan fingerprint density at radius 3 is 3.16 bits per heavy atom. The molecule has 1 saturated heterocycles. The maximum Gasteiger partial charge on any atom is 0.269 e. The van der Waals surface area contributed by atoms with Crippen LogP contribution in [-0.2, 0) is 17.8 Å². The molecule has 2 aliphatic heterocycles. The highest BCUT2D eigenvalue weighted by molar-refractivity contribution is 5.93. The second-order valence-electron chi connectivity index (χ2n) is 5.29. The summed E-state index contributed by atoms with van der Waals surface area (Å²) in [5.74, 6) is 0.965. The molecule has 102 valence electrons. The van der Waals surface area contributed by atoms with Crippen LogP contribution in [0.2, 0.25) is 0 Å². The van der Waals surface area contributed by atoms with Crippen LogP contribution in [-0.4, -0.2) is 33.4 Å². The molecule has 2 atom stereocenters. The highest BCUT2D eigenvalue weighted by atomic mass is 16.2. The number of carbonyl (C=O) groups is 2. The highest BCUT2D eigenvalue weighted by Gasteiger charge is 2.28. The molecule has 6 nitrogen and oxygen atoms in total. The number of nitrogens with one attached hydrogen (secondary N) is 2. The van der Waals surface area contributed by atoms with Gasteiger partial charge in [0.15, 0.2) is 0 Å². The number of aryl methyl sites for hydroxylation is 1. The van der Waals surface area contributed by atoms with Crippen LogP contribution in [0, 0.1) is 0 Å². The van der Waals surface area contributed by atoms with Crippen molar-refractivity contribution in [2.75, 3.05) is 0 Å². The van der Waals surface area contributed by atoms with E-state index in [0.29, 0.717) is 18.5 Å². The van der Waals surface area contributed by atoms with Crippen molar-refractivity contribution < 1.29 is 9.59 Å². The molecule has 2 aliphatic rings. The summed E-state index contributed by atoms with van der Waals surface area (Å²) >= 11 is 0. The number of hydrogen-bond acceptors (Lipinski definition) is 3. The van der Waals surface area contributed by atoms with E-state index in [1.165, 1.54) is 0 Å². The van der Waals surface area contributed by atoms with Gasteiger partial charge in [-0.15, -0.1) is 0 Å². The average Bonchev–Trinajstić information content (AvgIpc) is 2.94. The summed E-state index contributed by atoms with van der Waals surface area (Å²) in [6.07, 6.45) is 4.82. The number of carbonyl (C=O) groups excluding carboxylic acids is 2. The molecule has 6 heteroatoms. The Kier molecular flexibility index (Phi) is 3.00. The Bertz CT molecular complexity index is 523. The molecule has 0 aromatic carbocycles. The number of amides is 2. The number of nitrogens with zero attached hydrogens (tertiary/aromatic N) is 2. The van der Waals surface area contributed by atoms with Crippen molar-refractivity contribution in [3.8, 4) is 0 Å². The monoisotopic (exact) mass is 262 g/mol. The molecule has 1 fully saturated rings. The first kappa shape index (κ1) is 12.2. The van der Waals surface area contributed by atoms with Crippen molar-refractivity contribution in [2.24, 2.45) is 0 Å². The molecule has 3 heterocycles. The Morgan fingerprint density at radius 2 is 2.37 bits per heavy atom. The zero-order valence-electron chi connectivity index (χ0n) is 11.0. The second-order valence-corrected chi connectivity index (χ2v) is 5.29. The van der Waals surface area contributed by atoms with E-state index in [1.54, 1.807) is 6.20 Å². The maximum absolute atomic E-state index is 12.3. The normalized spacial score (nSPS) is 25.8. The van der Waals surface area contributed by atoms with Crippen LogP contribution in [0.5, 0.6) is 0 Å². The molecule has 1 aromatic heterocycles. The first-order valence-corrected chi connectivity index (χ1v) is 6.80. The number of hydrogen-bond donors (Lipinski definition) is 2. The Labute approximate surface area is 111 Å². The molecule has 2 amide bonds. The summed E-state index contributed by atoms with van der Waals surface area (Å²) in [4.78, 5) is 27.8. The molecule has 2 N–H and O–H groups in total. The van der Waals surface area contributed by atoms with Gasteiger partial charge in [0, 0.05) is 31.5 Å². The van der Waals surface area contributed by atoms with Crippen LogP contribution in [0.25, 0.3) is 0 Å². The van der Waals surface area contributed by atoms with E-state index < -0.39 is 0 Å². The van der Waals surface area contributed by atoms with Gasteiger partial charge in [0.25, 0.3) is 5.91 Å². The zero-order valence-corrected chi connectivity index (χ0v) is 11.0. The van der Waals surface area contributed by atoms with Crippen LogP contribution in [0.15, 0.2) is 6.20 Å². The lowest BCUT2D eigenvalue weighted by Gasteiger charge is -2.30. The van der Waals surface area contributed by atoms with Crippen molar-refractivity contribution in [3.05, 3.63) is 17.7 Å². The largest absolute Gasteiger partial charge is 0.352 e. The molecule has 2 unspecified atom stereocenters. The lowest BCUT2D eigenvalue weighted by molar-refractivity contribution is -0.123. The summed E-state index contributed by atoms with van der Waals surface area (Å²) in [6, 6.07) is -0.0241. The SMILES string of the molecule is CC1NC(=O)CCC1NC(=O)c1cnc2n1CCC2. The van der Waals surface area contributed by atoms with Crippen LogP contribution >= 0.6 is 0 Å². The van der Waals surface area contributed by atoms with E-state index in [4.69, 9.17) is 0 Å². The molecular weight excluding hydrogens is 244 g/mol. The van der Waals surface area contributed by atoms with Crippen molar-refractivity contribution in [2.45, 2.75) is 51.2 Å². The van der Waals surface area contributed by atoms with Gasteiger partial charge >= 0.3 is 0 Å². The summed E-state index contributed by atoms with van der Waals surface area (Å²) < 4.78 is 1.99. The van der Waals surface area contributed by atoms with Gasteiger partial charge in [0.05, 0.1) is 6.20 Å². The topological polar surface area (TPSA) is 76.0 Å². The third-order valence-electron chi connectivity index (χ3n) is 3.94. The first-order valence-electron chi connectivity index (χ1n) is 6.80. The van der Waals surface area contributed by atoms with Gasteiger partial charge in [0.1, 0.15) is 11.5 Å². The molecule has 0 radical (unpaired) electrons. The van der Waals surface area contributed by atoms with E-state index in [9.17, 15) is 9.59 Å². The minimum Gasteiger partial charge on any atom is -0.352 e. The molecular formula is C13H18N4O2. The second kappa shape index (κ2) is 4.68. The van der Waals surface area contributed by atoms with E-state index in [0.717, 1.165) is 25.2 Å². The summed E-state index contributed by atoms with van der Waals surface area (Å²) in [5, 5.41) is 5.86. The quantitative estimate of drug-likeness (QED) is 0.801. The minimum atomic E-state index is -0.0892. The van der Waals surface area contributed by atoms with E-state index in [-0.39, 0.29) is 23.9 Å². The number of piperidine rings is 1. The lowest BCUT2D eigenvalue weighted by atomic mass is 9.99. The van der Waals surface area contributed by atoms with Crippen LogP contribution < -0.4 is 10.6 Å². The third-order valence-corrected chi connectivity index (χ3v) is 3.94. The van der Waals surface area contributed by atoms with Gasteiger partial charge in [-0.2, -0.15) is 0 Å². The van der Waals surface area contributed by atoms with Crippen LogP contribution in [0.3, 0.4) is 0 Å². The molecule has 1 aromatic rings. The fraction of sp³-hybridized carbons (Fsp3) is 0.615. The van der Waals surface area contributed by atoms with Crippen molar-refractivity contribution >= 4 is 11.8 Å².